The van der Waals surface area contributed by atoms with Crippen LogP contribution in [0.25, 0.3) is 16.9 Å². The molecule has 7 heteroatoms. The van der Waals surface area contributed by atoms with Gasteiger partial charge in [-0.25, -0.2) is 14.3 Å². The summed E-state index contributed by atoms with van der Waals surface area (Å²) in [4.78, 5) is 16.1. The van der Waals surface area contributed by atoms with Gasteiger partial charge < -0.3 is 16.4 Å². The lowest BCUT2D eigenvalue weighted by Gasteiger charge is -2.12. The number of imidazole rings is 1. The molecule has 4 N–H and O–H groups in total. The van der Waals surface area contributed by atoms with Gasteiger partial charge in [0.15, 0.2) is 5.65 Å². The number of carbonyl (C=O) groups excluding carboxylic acids is 1. The number of hydrogen-bond acceptors (Lipinski definition) is 4. The van der Waals surface area contributed by atoms with Gasteiger partial charge in [0.05, 0.1) is 11.4 Å². The third kappa shape index (κ3) is 2.80. The molecule has 2 amide bonds. The zero-order chi connectivity index (χ0) is 16.4. The van der Waals surface area contributed by atoms with E-state index in [-0.39, 0.29) is 6.03 Å². The smallest absolute Gasteiger partial charge is 0.319 e. The van der Waals surface area contributed by atoms with Gasteiger partial charge in [-0.3, -0.25) is 0 Å². The van der Waals surface area contributed by atoms with Crippen molar-refractivity contribution >= 4 is 23.1 Å². The van der Waals surface area contributed by atoms with Crippen molar-refractivity contribution in [3.63, 3.8) is 0 Å². The van der Waals surface area contributed by atoms with Gasteiger partial charge in [0, 0.05) is 30.2 Å². The van der Waals surface area contributed by atoms with Crippen molar-refractivity contribution in [1.29, 1.82) is 0 Å². The maximum Gasteiger partial charge on any atom is 0.319 e. The second-order valence-corrected chi connectivity index (χ2v) is 5.14. The highest BCUT2D eigenvalue weighted by Gasteiger charge is 2.13. The van der Waals surface area contributed by atoms with Gasteiger partial charge >= 0.3 is 6.03 Å². The molecule has 0 bridgehead atoms. The van der Waals surface area contributed by atoms with Crippen LogP contribution in [0.1, 0.15) is 12.5 Å². The van der Waals surface area contributed by atoms with E-state index in [1.54, 1.807) is 23.0 Å². The van der Waals surface area contributed by atoms with E-state index >= 15 is 0 Å². The topological polar surface area (TPSA) is 97.3 Å². The van der Waals surface area contributed by atoms with E-state index in [1.165, 1.54) is 0 Å². The predicted octanol–water partition coefficient (Wildman–Crippen LogP) is 2.43. The maximum atomic E-state index is 11.8. The second-order valence-electron chi connectivity index (χ2n) is 5.14. The Bertz CT molecular complexity index is 870. The average Bonchev–Trinajstić information content (AvgIpc) is 2.99. The monoisotopic (exact) mass is 310 g/mol. The molecule has 0 aliphatic heterocycles. The van der Waals surface area contributed by atoms with Crippen LogP contribution in [0.2, 0.25) is 0 Å². The number of hydrogen-bond donors (Lipinski definition) is 3. The number of nitrogens with zero attached hydrogens (tertiary/aromatic N) is 3. The van der Waals surface area contributed by atoms with Crippen molar-refractivity contribution in [3.05, 3.63) is 42.2 Å². The van der Waals surface area contributed by atoms with Gasteiger partial charge in [0.2, 0.25) is 0 Å². The van der Waals surface area contributed by atoms with Crippen LogP contribution in [0, 0.1) is 6.92 Å². The predicted molar refractivity (Wildman–Crippen MR) is 90.3 cm³/mol. The Kier molecular flexibility index (Phi) is 3.84. The van der Waals surface area contributed by atoms with Crippen LogP contribution in [0.15, 0.2) is 36.7 Å². The fourth-order valence-electron chi connectivity index (χ4n) is 2.40. The Balaban J connectivity index is 2.12. The molecular weight excluding hydrogens is 292 g/mol. The van der Waals surface area contributed by atoms with E-state index < -0.39 is 0 Å². The molecule has 23 heavy (non-hydrogen) atoms. The lowest BCUT2D eigenvalue weighted by Crippen LogP contribution is -2.28. The minimum absolute atomic E-state index is 0.279. The largest absolute Gasteiger partial charge is 0.398 e. The highest BCUT2D eigenvalue weighted by Crippen LogP contribution is 2.28. The molecule has 7 nitrogen and oxygen atoms in total. The average molecular weight is 310 g/mol. The Morgan fingerprint density at radius 3 is 3.00 bits per heavy atom. The first-order valence-corrected chi connectivity index (χ1v) is 7.35. The lowest BCUT2D eigenvalue weighted by atomic mass is 10.0. The van der Waals surface area contributed by atoms with Gasteiger partial charge in [-0.15, -0.1) is 0 Å². The van der Waals surface area contributed by atoms with Crippen molar-refractivity contribution in [3.8, 4) is 11.3 Å². The molecule has 2 aromatic heterocycles. The molecule has 2 heterocycles. The van der Waals surface area contributed by atoms with E-state index in [0.717, 1.165) is 11.1 Å². The van der Waals surface area contributed by atoms with Gasteiger partial charge in [0.25, 0.3) is 0 Å². The van der Waals surface area contributed by atoms with Gasteiger partial charge in [-0.1, -0.05) is 12.1 Å². The number of rotatable bonds is 3. The summed E-state index contributed by atoms with van der Waals surface area (Å²) in [5, 5.41) is 10.1. The van der Waals surface area contributed by atoms with E-state index in [9.17, 15) is 4.79 Å². The van der Waals surface area contributed by atoms with Crippen molar-refractivity contribution in [2.45, 2.75) is 13.8 Å². The summed E-state index contributed by atoms with van der Waals surface area (Å²) in [5.41, 5.74) is 10.4. The third-order valence-electron chi connectivity index (χ3n) is 3.60. The van der Waals surface area contributed by atoms with Crippen molar-refractivity contribution in [1.82, 2.24) is 19.9 Å². The molecule has 0 radical (unpaired) electrons. The van der Waals surface area contributed by atoms with Crippen LogP contribution >= 0.6 is 0 Å². The fourth-order valence-corrected chi connectivity index (χ4v) is 2.40. The highest BCUT2D eigenvalue weighted by atomic mass is 16.2. The number of nitrogens with two attached hydrogens (primary N) is 1. The normalized spacial score (nSPS) is 10.7. The lowest BCUT2D eigenvalue weighted by molar-refractivity contribution is 0.252. The minimum Gasteiger partial charge on any atom is -0.398 e. The van der Waals surface area contributed by atoms with Gasteiger partial charge in [0.1, 0.15) is 0 Å². The molecule has 0 saturated heterocycles. The summed E-state index contributed by atoms with van der Waals surface area (Å²) in [6, 6.07) is 7.21. The molecule has 0 spiro atoms. The van der Waals surface area contributed by atoms with E-state index in [4.69, 9.17) is 5.73 Å². The Morgan fingerprint density at radius 2 is 2.22 bits per heavy atom. The number of anilines is 2. The Morgan fingerprint density at radius 1 is 1.39 bits per heavy atom. The molecule has 3 rings (SSSR count). The van der Waals surface area contributed by atoms with Crippen LogP contribution in [-0.4, -0.2) is 27.2 Å². The molecule has 0 saturated carbocycles. The van der Waals surface area contributed by atoms with E-state index in [1.807, 2.05) is 32.0 Å². The number of nitrogens with one attached hydrogen (secondary N) is 2. The molecule has 118 valence electrons. The maximum absolute atomic E-state index is 11.8. The highest BCUT2D eigenvalue weighted by molar-refractivity contribution is 5.94. The summed E-state index contributed by atoms with van der Waals surface area (Å²) in [6.45, 7) is 4.35. The second kappa shape index (κ2) is 5.96. The first-order chi connectivity index (χ1) is 11.1. The van der Waals surface area contributed by atoms with Gasteiger partial charge in [-0.05, 0) is 31.5 Å². The molecular formula is C16H18N6O. The number of fused-ring (bicyclic) bond motifs is 1. The van der Waals surface area contributed by atoms with Gasteiger partial charge in [-0.2, -0.15) is 5.10 Å². The number of urea groups is 1. The SMILES string of the molecule is CCNC(=O)Nc1cc(-c2cccc(N)c2C)nn2ccnc12. The summed E-state index contributed by atoms with van der Waals surface area (Å²) < 4.78 is 1.64. The van der Waals surface area contributed by atoms with Crippen LogP contribution in [0.3, 0.4) is 0 Å². The quantitative estimate of drug-likeness (QED) is 0.647. The first-order valence-electron chi connectivity index (χ1n) is 7.35. The molecule has 0 aliphatic rings. The number of carbonyl (C=O) groups is 1. The summed E-state index contributed by atoms with van der Waals surface area (Å²) >= 11 is 0. The zero-order valence-electron chi connectivity index (χ0n) is 13.0. The molecule has 3 aromatic rings. The zero-order valence-corrected chi connectivity index (χ0v) is 13.0. The number of amides is 2. The van der Waals surface area contributed by atoms with Crippen LogP contribution in [0.4, 0.5) is 16.2 Å². The first kappa shape index (κ1) is 14.8. The Labute approximate surface area is 133 Å². The van der Waals surface area contributed by atoms with Crippen LogP contribution < -0.4 is 16.4 Å². The molecule has 1 aromatic carbocycles. The molecule has 0 fully saturated rings. The van der Waals surface area contributed by atoms with Crippen LogP contribution in [-0.2, 0) is 0 Å². The number of aromatic nitrogens is 3. The van der Waals surface area contributed by atoms with Crippen molar-refractivity contribution in [2.24, 2.45) is 0 Å². The third-order valence-corrected chi connectivity index (χ3v) is 3.60. The van der Waals surface area contributed by atoms with E-state index in [0.29, 0.717) is 29.3 Å². The summed E-state index contributed by atoms with van der Waals surface area (Å²) in [6.07, 6.45) is 3.38. The Hall–Kier alpha value is -3.09. The minimum atomic E-state index is -0.279. The summed E-state index contributed by atoms with van der Waals surface area (Å²) in [7, 11) is 0. The standard InChI is InChI=1S/C16H18N6O/c1-3-18-16(23)20-14-9-13(21-22-8-7-19-15(14)22)11-5-4-6-12(17)10(11)2/h4-9H,3,17H2,1-2H3,(H2,18,20,23). The molecule has 0 unspecified atom stereocenters. The number of benzene rings is 1. The summed E-state index contributed by atoms with van der Waals surface area (Å²) in [5.74, 6) is 0. The molecule has 0 aliphatic carbocycles. The fraction of sp³-hybridized carbons (Fsp3) is 0.188. The van der Waals surface area contributed by atoms with Crippen molar-refractivity contribution in [2.75, 3.05) is 17.6 Å². The van der Waals surface area contributed by atoms with Crippen molar-refractivity contribution < 1.29 is 4.79 Å². The molecule has 0 atom stereocenters. The number of nitrogen functional groups attached to an aromatic ring is 1. The van der Waals surface area contributed by atoms with Crippen LogP contribution in [0.5, 0.6) is 0 Å². The van der Waals surface area contributed by atoms with E-state index in [2.05, 4.69) is 20.7 Å².